The second-order valence-electron chi connectivity index (χ2n) is 4.23. The summed E-state index contributed by atoms with van der Waals surface area (Å²) in [5.41, 5.74) is 1.61. The first-order valence-corrected chi connectivity index (χ1v) is 7.18. The fourth-order valence-corrected chi connectivity index (χ4v) is 2.41. The second-order valence-corrected chi connectivity index (χ2v) is 5.50. The topological polar surface area (TPSA) is 64.4 Å². The molecule has 0 fully saturated rings. The maximum atomic E-state index is 10.7. The van der Waals surface area contributed by atoms with Crippen molar-refractivity contribution >= 4 is 38.9 Å². The van der Waals surface area contributed by atoms with Gasteiger partial charge in [-0.15, -0.1) is 0 Å². The van der Waals surface area contributed by atoms with Crippen LogP contribution < -0.4 is 10.1 Å². The van der Waals surface area contributed by atoms with Crippen molar-refractivity contribution < 1.29 is 9.66 Å². The van der Waals surface area contributed by atoms with Gasteiger partial charge in [-0.3, -0.25) is 10.1 Å². The molecule has 2 aromatic rings. The molecule has 7 heteroatoms. The van der Waals surface area contributed by atoms with Crippen LogP contribution in [0.5, 0.6) is 5.75 Å². The molecule has 0 unspecified atom stereocenters. The Kier molecular flexibility index (Phi) is 5.03. The van der Waals surface area contributed by atoms with Crippen molar-refractivity contribution in [3.05, 3.63) is 61.6 Å². The number of rotatable bonds is 5. The van der Waals surface area contributed by atoms with Gasteiger partial charge in [0.25, 0.3) is 5.69 Å². The van der Waals surface area contributed by atoms with Gasteiger partial charge >= 0.3 is 0 Å². The molecule has 0 saturated heterocycles. The quantitative estimate of drug-likeness (QED) is 0.614. The van der Waals surface area contributed by atoms with E-state index < -0.39 is 4.92 Å². The van der Waals surface area contributed by atoms with Crippen LogP contribution in [-0.4, -0.2) is 12.0 Å². The zero-order valence-electron chi connectivity index (χ0n) is 11.1. The third kappa shape index (κ3) is 3.86. The first-order chi connectivity index (χ1) is 10.0. The van der Waals surface area contributed by atoms with Crippen molar-refractivity contribution in [1.29, 1.82) is 0 Å². The predicted molar refractivity (Wildman–Crippen MR) is 86.1 cm³/mol. The molecule has 0 spiro atoms. The highest BCUT2D eigenvalue weighted by atomic mass is 79.9. The van der Waals surface area contributed by atoms with Gasteiger partial charge in [-0.1, -0.05) is 27.5 Å². The number of hydrogen-bond donors (Lipinski definition) is 1. The van der Waals surface area contributed by atoms with Gasteiger partial charge in [-0.2, -0.15) is 0 Å². The van der Waals surface area contributed by atoms with E-state index in [1.807, 2.05) is 18.2 Å². The molecular weight excluding hydrogens is 360 g/mol. The highest BCUT2D eigenvalue weighted by molar-refractivity contribution is 9.10. The van der Waals surface area contributed by atoms with Crippen LogP contribution >= 0.6 is 27.5 Å². The summed E-state index contributed by atoms with van der Waals surface area (Å²) in [6.07, 6.45) is 0. The number of nitrogens with zero attached hydrogens (tertiary/aromatic N) is 1. The molecule has 0 aliphatic rings. The van der Waals surface area contributed by atoms with E-state index in [4.69, 9.17) is 16.3 Å². The molecule has 0 aromatic heterocycles. The lowest BCUT2D eigenvalue weighted by Crippen LogP contribution is -2.01. The summed E-state index contributed by atoms with van der Waals surface area (Å²) in [4.78, 5) is 10.2. The Morgan fingerprint density at radius 2 is 2.10 bits per heavy atom. The summed E-state index contributed by atoms with van der Waals surface area (Å²) in [5, 5.41) is 14.0. The van der Waals surface area contributed by atoms with E-state index in [2.05, 4.69) is 21.2 Å². The molecule has 5 nitrogen and oxygen atoms in total. The molecule has 0 bridgehead atoms. The Bertz CT molecular complexity index is 679. The highest BCUT2D eigenvalue weighted by Gasteiger charge is 2.12. The number of ether oxygens (including phenoxy) is 1. The van der Waals surface area contributed by atoms with E-state index in [0.717, 1.165) is 15.8 Å². The predicted octanol–water partition coefficient (Wildman–Crippen LogP) is 4.63. The average Bonchev–Trinajstić information content (AvgIpc) is 2.46. The van der Waals surface area contributed by atoms with Gasteiger partial charge in [0.15, 0.2) is 0 Å². The summed E-state index contributed by atoms with van der Waals surface area (Å²) in [5.74, 6) is 0.761. The SMILES string of the molecule is COc1ccc(Br)c(CNc2ccc([N+](=O)[O-])c(Cl)c2)c1. The number of nitrogens with one attached hydrogen (secondary N) is 1. The summed E-state index contributed by atoms with van der Waals surface area (Å²) < 4.78 is 6.13. The number of nitro benzene ring substituents is 1. The molecule has 2 rings (SSSR count). The van der Waals surface area contributed by atoms with Crippen LogP contribution in [-0.2, 0) is 6.54 Å². The minimum Gasteiger partial charge on any atom is -0.497 e. The summed E-state index contributed by atoms with van der Waals surface area (Å²) >= 11 is 9.34. The molecule has 0 heterocycles. The van der Waals surface area contributed by atoms with Gasteiger partial charge in [-0.05, 0) is 35.9 Å². The normalized spacial score (nSPS) is 10.2. The van der Waals surface area contributed by atoms with Crippen LogP contribution in [0.2, 0.25) is 5.02 Å². The molecule has 0 amide bonds. The number of halogens is 2. The van der Waals surface area contributed by atoms with Gasteiger partial charge < -0.3 is 10.1 Å². The molecule has 1 N–H and O–H groups in total. The Labute approximate surface area is 135 Å². The minimum absolute atomic E-state index is 0.106. The molecule has 110 valence electrons. The molecule has 21 heavy (non-hydrogen) atoms. The lowest BCUT2D eigenvalue weighted by Gasteiger charge is -2.10. The molecule has 0 radical (unpaired) electrons. The molecule has 0 atom stereocenters. The van der Waals surface area contributed by atoms with Gasteiger partial charge in [0.1, 0.15) is 10.8 Å². The van der Waals surface area contributed by atoms with Crippen LogP contribution in [0.1, 0.15) is 5.56 Å². The van der Waals surface area contributed by atoms with Crippen molar-refractivity contribution in [3.63, 3.8) is 0 Å². The Morgan fingerprint density at radius 1 is 1.33 bits per heavy atom. The Hall–Kier alpha value is -1.79. The zero-order chi connectivity index (χ0) is 15.4. The van der Waals surface area contributed by atoms with Crippen LogP contribution in [0.4, 0.5) is 11.4 Å². The third-order valence-electron chi connectivity index (χ3n) is 2.88. The maximum Gasteiger partial charge on any atom is 0.288 e. The molecule has 0 aliphatic carbocycles. The lowest BCUT2D eigenvalue weighted by molar-refractivity contribution is -0.384. The van der Waals surface area contributed by atoms with Crippen LogP contribution in [0.25, 0.3) is 0 Å². The summed E-state index contributed by atoms with van der Waals surface area (Å²) in [6, 6.07) is 10.2. The van der Waals surface area contributed by atoms with Crippen molar-refractivity contribution in [2.75, 3.05) is 12.4 Å². The monoisotopic (exact) mass is 370 g/mol. The number of methoxy groups -OCH3 is 1. The fraction of sp³-hybridized carbons (Fsp3) is 0.143. The van der Waals surface area contributed by atoms with Gasteiger partial charge in [0.05, 0.1) is 12.0 Å². The summed E-state index contributed by atoms with van der Waals surface area (Å²) in [7, 11) is 1.61. The first-order valence-electron chi connectivity index (χ1n) is 6.01. The number of hydrogen-bond acceptors (Lipinski definition) is 4. The van der Waals surface area contributed by atoms with Gasteiger partial charge in [0, 0.05) is 22.8 Å². The zero-order valence-corrected chi connectivity index (χ0v) is 13.4. The minimum atomic E-state index is -0.509. The van der Waals surface area contributed by atoms with Crippen molar-refractivity contribution in [3.8, 4) is 5.75 Å². The Balaban J connectivity index is 2.13. The fourth-order valence-electron chi connectivity index (χ4n) is 1.78. The standard InChI is InChI=1S/C14H12BrClN2O3/c1-21-11-3-4-12(15)9(6-11)8-17-10-2-5-14(18(19)20)13(16)7-10/h2-7,17H,8H2,1H3. The number of nitro groups is 1. The third-order valence-corrected chi connectivity index (χ3v) is 3.96. The van der Waals surface area contributed by atoms with Crippen molar-refractivity contribution in [2.45, 2.75) is 6.54 Å². The largest absolute Gasteiger partial charge is 0.497 e. The average molecular weight is 372 g/mol. The van der Waals surface area contributed by atoms with E-state index in [9.17, 15) is 10.1 Å². The van der Waals surface area contributed by atoms with Crippen LogP contribution in [0.15, 0.2) is 40.9 Å². The van der Waals surface area contributed by atoms with Crippen LogP contribution in [0.3, 0.4) is 0 Å². The summed E-state index contributed by atoms with van der Waals surface area (Å²) in [6.45, 7) is 0.534. The van der Waals surface area contributed by atoms with E-state index in [1.165, 1.54) is 12.1 Å². The Morgan fingerprint density at radius 3 is 2.71 bits per heavy atom. The second kappa shape index (κ2) is 6.78. The van der Waals surface area contributed by atoms with Gasteiger partial charge in [0.2, 0.25) is 0 Å². The van der Waals surface area contributed by atoms with Crippen molar-refractivity contribution in [2.24, 2.45) is 0 Å². The molecule has 2 aromatic carbocycles. The van der Waals surface area contributed by atoms with E-state index in [-0.39, 0.29) is 10.7 Å². The number of anilines is 1. The number of benzene rings is 2. The van der Waals surface area contributed by atoms with Crippen molar-refractivity contribution in [1.82, 2.24) is 0 Å². The van der Waals surface area contributed by atoms with Crippen LogP contribution in [0, 0.1) is 10.1 Å². The van der Waals surface area contributed by atoms with Gasteiger partial charge in [-0.25, -0.2) is 0 Å². The van der Waals surface area contributed by atoms with E-state index in [0.29, 0.717) is 12.2 Å². The molecular formula is C14H12BrClN2O3. The lowest BCUT2D eigenvalue weighted by atomic mass is 10.2. The maximum absolute atomic E-state index is 10.7. The molecule has 0 aliphatic heterocycles. The molecule has 0 saturated carbocycles. The van der Waals surface area contributed by atoms with E-state index in [1.54, 1.807) is 13.2 Å². The highest BCUT2D eigenvalue weighted by Crippen LogP contribution is 2.28. The first kappa shape index (κ1) is 15.6. The van der Waals surface area contributed by atoms with E-state index >= 15 is 0 Å². The smallest absolute Gasteiger partial charge is 0.288 e.